The van der Waals surface area contributed by atoms with Crippen LogP contribution in [0.25, 0.3) is 10.8 Å². The smallest absolute Gasteiger partial charge is 0.270 e. The Morgan fingerprint density at radius 2 is 1.78 bits per heavy atom. The zero-order valence-electron chi connectivity index (χ0n) is 14.4. The van der Waals surface area contributed by atoms with Gasteiger partial charge in [0, 0.05) is 18.7 Å². The number of sulfonamides is 1. The van der Waals surface area contributed by atoms with Gasteiger partial charge in [0.1, 0.15) is 10.6 Å². The number of anilines is 1. The predicted molar refractivity (Wildman–Crippen MR) is 102 cm³/mol. The van der Waals surface area contributed by atoms with E-state index in [1.54, 1.807) is 7.11 Å². The highest BCUT2D eigenvalue weighted by Gasteiger charge is 2.18. The third-order valence-electron chi connectivity index (χ3n) is 4.08. The van der Waals surface area contributed by atoms with Crippen molar-refractivity contribution in [1.82, 2.24) is 0 Å². The molecule has 0 amide bonds. The van der Waals surface area contributed by atoms with Crippen molar-refractivity contribution < 1.29 is 18.1 Å². The fourth-order valence-corrected chi connectivity index (χ4v) is 3.45. The van der Waals surface area contributed by atoms with Crippen molar-refractivity contribution in [3.8, 4) is 5.75 Å². The lowest BCUT2D eigenvalue weighted by Gasteiger charge is -2.11. The first-order valence-corrected chi connectivity index (χ1v) is 9.44. The summed E-state index contributed by atoms with van der Waals surface area (Å²) < 4.78 is 28.8. The van der Waals surface area contributed by atoms with Crippen LogP contribution in [0, 0.1) is 10.1 Å². The van der Waals surface area contributed by atoms with Gasteiger partial charge in [0.05, 0.1) is 17.7 Å². The van der Waals surface area contributed by atoms with Crippen LogP contribution < -0.4 is 15.2 Å². The van der Waals surface area contributed by atoms with Gasteiger partial charge in [0.25, 0.3) is 5.69 Å². The van der Waals surface area contributed by atoms with Gasteiger partial charge in [-0.1, -0.05) is 18.2 Å². The van der Waals surface area contributed by atoms with Crippen LogP contribution in [-0.2, 0) is 16.6 Å². The molecule has 3 aromatic rings. The first kappa shape index (κ1) is 18.6. The van der Waals surface area contributed by atoms with Crippen LogP contribution in [0.1, 0.15) is 5.56 Å². The SMILES string of the molecule is COc1ccc2cc(CNc3ccc([N+](=O)[O-])cc3S(N)(=O)=O)ccc2c1. The van der Waals surface area contributed by atoms with Gasteiger partial charge in [-0.15, -0.1) is 0 Å². The van der Waals surface area contributed by atoms with Gasteiger partial charge < -0.3 is 10.1 Å². The molecule has 0 aliphatic heterocycles. The number of benzene rings is 3. The van der Waals surface area contributed by atoms with Crippen LogP contribution in [0.3, 0.4) is 0 Å². The van der Waals surface area contributed by atoms with Crippen molar-refractivity contribution in [2.24, 2.45) is 5.14 Å². The molecule has 0 saturated heterocycles. The highest BCUT2D eigenvalue weighted by Crippen LogP contribution is 2.27. The summed E-state index contributed by atoms with van der Waals surface area (Å²) in [5.41, 5.74) is 0.772. The summed E-state index contributed by atoms with van der Waals surface area (Å²) >= 11 is 0. The third kappa shape index (κ3) is 4.15. The molecule has 0 aliphatic carbocycles. The Hall–Kier alpha value is -3.17. The Kier molecular flexibility index (Phi) is 4.98. The second kappa shape index (κ2) is 7.22. The van der Waals surface area contributed by atoms with Crippen molar-refractivity contribution in [3.63, 3.8) is 0 Å². The topological polar surface area (TPSA) is 125 Å². The fourth-order valence-electron chi connectivity index (χ4n) is 2.71. The monoisotopic (exact) mass is 387 g/mol. The molecule has 140 valence electrons. The lowest BCUT2D eigenvalue weighted by molar-refractivity contribution is -0.385. The number of nitrogens with zero attached hydrogens (tertiary/aromatic N) is 1. The predicted octanol–water partition coefficient (Wildman–Crippen LogP) is 3.02. The zero-order valence-corrected chi connectivity index (χ0v) is 15.2. The van der Waals surface area contributed by atoms with Gasteiger partial charge in [0.15, 0.2) is 0 Å². The van der Waals surface area contributed by atoms with Gasteiger partial charge in [0.2, 0.25) is 10.0 Å². The molecule has 3 N–H and O–H groups in total. The van der Waals surface area contributed by atoms with E-state index in [2.05, 4.69) is 5.32 Å². The van der Waals surface area contributed by atoms with Gasteiger partial charge >= 0.3 is 0 Å². The Bertz CT molecular complexity index is 1130. The second-order valence-electron chi connectivity index (χ2n) is 5.88. The van der Waals surface area contributed by atoms with Crippen LogP contribution in [0.15, 0.2) is 59.5 Å². The number of nitro groups is 1. The number of methoxy groups -OCH3 is 1. The molecule has 8 nitrogen and oxygen atoms in total. The largest absolute Gasteiger partial charge is 0.497 e. The number of rotatable bonds is 6. The van der Waals surface area contributed by atoms with E-state index in [1.165, 1.54) is 12.1 Å². The molecule has 0 saturated carbocycles. The molecular weight excluding hydrogens is 370 g/mol. The number of nitrogens with two attached hydrogens (primary N) is 1. The van der Waals surface area contributed by atoms with Gasteiger partial charge in [-0.3, -0.25) is 10.1 Å². The zero-order chi connectivity index (χ0) is 19.6. The van der Waals surface area contributed by atoms with Crippen LogP contribution in [0.4, 0.5) is 11.4 Å². The summed E-state index contributed by atoms with van der Waals surface area (Å²) in [5.74, 6) is 0.761. The molecule has 0 radical (unpaired) electrons. The average molecular weight is 387 g/mol. The maximum atomic E-state index is 11.8. The summed E-state index contributed by atoms with van der Waals surface area (Å²) in [6.07, 6.45) is 0. The second-order valence-corrected chi connectivity index (χ2v) is 7.41. The van der Waals surface area contributed by atoms with Crippen molar-refractivity contribution >= 4 is 32.2 Å². The van der Waals surface area contributed by atoms with E-state index in [9.17, 15) is 18.5 Å². The first-order valence-electron chi connectivity index (χ1n) is 7.90. The van der Waals surface area contributed by atoms with E-state index in [0.717, 1.165) is 28.2 Å². The first-order chi connectivity index (χ1) is 12.8. The molecule has 3 aromatic carbocycles. The molecule has 0 aliphatic rings. The molecule has 0 heterocycles. The number of fused-ring (bicyclic) bond motifs is 1. The average Bonchev–Trinajstić information content (AvgIpc) is 2.64. The molecular formula is C18H17N3O5S. The summed E-state index contributed by atoms with van der Waals surface area (Å²) in [6, 6.07) is 15.0. The standard InChI is InChI=1S/C18H17N3O5S/c1-26-16-6-4-13-8-12(2-3-14(13)9-16)11-20-17-7-5-15(21(22)23)10-18(17)27(19,24)25/h2-10,20H,11H2,1H3,(H2,19,24,25). The van der Waals surface area contributed by atoms with Crippen LogP contribution in [-0.4, -0.2) is 20.5 Å². The van der Waals surface area contributed by atoms with E-state index < -0.39 is 14.9 Å². The number of non-ortho nitro benzene ring substituents is 1. The fraction of sp³-hybridized carbons (Fsp3) is 0.111. The Morgan fingerprint density at radius 3 is 2.44 bits per heavy atom. The minimum Gasteiger partial charge on any atom is -0.497 e. The summed E-state index contributed by atoms with van der Waals surface area (Å²) in [5, 5.41) is 21.1. The number of hydrogen-bond donors (Lipinski definition) is 2. The summed E-state index contributed by atoms with van der Waals surface area (Å²) in [7, 11) is -2.51. The highest BCUT2D eigenvalue weighted by molar-refractivity contribution is 7.89. The van der Waals surface area contributed by atoms with E-state index in [4.69, 9.17) is 9.88 Å². The van der Waals surface area contributed by atoms with Crippen molar-refractivity contribution in [1.29, 1.82) is 0 Å². The normalized spacial score (nSPS) is 11.3. The minimum atomic E-state index is -4.12. The van der Waals surface area contributed by atoms with E-state index >= 15 is 0 Å². The van der Waals surface area contributed by atoms with Crippen molar-refractivity contribution in [2.75, 3.05) is 12.4 Å². The van der Waals surface area contributed by atoms with E-state index in [1.807, 2.05) is 36.4 Å². The maximum Gasteiger partial charge on any atom is 0.270 e. The number of nitro benzene ring substituents is 1. The third-order valence-corrected chi connectivity index (χ3v) is 5.03. The molecule has 27 heavy (non-hydrogen) atoms. The van der Waals surface area contributed by atoms with Crippen molar-refractivity contribution in [2.45, 2.75) is 11.4 Å². The number of nitrogens with one attached hydrogen (secondary N) is 1. The number of hydrogen-bond acceptors (Lipinski definition) is 6. The molecule has 0 fully saturated rings. The number of ether oxygens (including phenoxy) is 1. The van der Waals surface area contributed by atoms with E-state index in [-0.39, 0.29) is 16.3 Å². The molecule has 3 rings (SSSR count). The van der Waals surface area contributed by atoms with Crippen LogP contribution in [0.5, 0.6) is 5.75 Å². The van der Waals surface area contributed by atoms with Gasteiger partial charge in [-0.05, 0) is 40.6 Å². The minimum absolute atomic E-state index is 0.206. The summed E-state index contributed by atoms with van der Waals surface area (Å²) in [6.45, 7) is 0.322. The van der Waals surface area contributed by atoms with Crippen LogP contribution in [0.2, 0.25) is 0 Å². The quantitative estimate of drug-likeness (QED) is 0.495. The lowest BCUT2D eigenvalue weighted by atomic mass is 10.1. The Labute approximate surface area is 155 Å². The van der Waals surface area contributed by atoms with E-state index in [0.29, 0.717) is 6.54 Å². The Morgan fingerprint density at radius 1 is 1.07 bits per heavy atom. The number of primary sulfonamides is 1. The summed E-state index contributed by atoms with van der Waals surface area (Å²) in [4.78, 5) is 9.89. The van der Waals surface area contributed by atoms with Crippen molar-refractivity contribution in [3.05, 3.63) is 70.3 Å². The molecule has 0 spiro atoms. The lowest BCUT2D eigenvalue weighted by Crippen LogP contribution is -2.15. The molecule has 0 atom stereocenters. The maximum absolute atomic E-state index is 11.8. The highest BCUT2D eigenvalue weighted by atomic mass is 32.2. The van der Waals surface area contributed by atoms with Gasteiger partial charge in [-0.25, -0.2) is 13.6 Å². The molecule has 9 heteroatoms. The van der Waals surface area contributed by atoms with Gasteiger partial charge in [-0.2, -0.15) is 0 Å². The van der Waals surface area contributed by atoms with Crippen LogP contribution >= 0.6 is 0 Å². The Balaban J connectivity index is 1.88. The molecule has 0 unspecified atom stereocenters. The molecule has 0 bridgehead atoms. The molecule has 0 aromatic heterocycles.